The summed E-state index contributed by atoms with van der Waals surface area (Å²) in [6.45, 7) is 6.77. The summed E-state index contributed by atoms with van der Waals surface area (Å²) in [6, 6.07) is 1.18. The van der Waals surface area contributed by atoms with Gasteiger partial charge < -0.3 is 0 Å². The summed E-state index contributed by atoms with van der Waals surface area (Å²) in [5.74, 6) is 0. The van der Waals surface area contributed by atoms with Crippen molar-refractivity contribution in [1.29, 1.82) is 0 Å². The first-order valence-corrected chi connectivity index (χ1v) is 4.85. The van der Waals surface area contributed by atoms with Gasteiger partial charge in [-0.15, -0.1) is 0 Å². The van der Waals surface area contributed by atoms with Gasteiger partial charge >= 0.3 is 0 Å². The predicted molar refractivity (Wildman–Crippen MR) is 50.4 cm³/mol. The first-order chi connectivity index (χ1) is 6.27. The smallest absolute Gasteiger partial charge is 0.137 e. The summed E-state index contributed by atoms with van der Waals surface area (Å²) >= 11 is 0. The zero-order valence-corrected chi connectivity index (χ0v) is 8.22. The van der Waals surface area contributed by atoms with Crippen LogP contribution >= 0.6 is 0 Å². The van der Waals surface area contributed by atoms with Crippen molar-refractivity contribution in [3.8, 4) is 0 Å². The molecule has 0 saturated carbocycles. The van der Waals surface area contributed by atoms with Crippen LogP contribution in [0.4, 0.5) is 0 Å². The van der Waals surface area contributed by atoms with Crippen molar-refractivity contribution in [1.82, 2.24) is 19.7 Å². The van der Waals surface area contributed by atoms with Gasteiger partial charge in [0.2, 0.25) is 0 Å². The molecule has 1 aromatic heterocycles. The molecule has 0 amide bonds. The molecule has 1 saturated heterocycles. The van der Waals surface area contributed by atoms with Gasteiger partial charge in [0.15, 0.2) is 0 Å². The Morgan fingerprint density at radius 2 is 2.31 bits per heavy atom. The molecule has 1 unspecified atom stereocenters. The molecule has 0 spiro atoms. The van der Waals surface area contributed by atoms with E-state index in [9.17, 15) is 0 Å². The second-order valence-electron chi connectivity index (χ2n) is 3.91. The number of hydrogen-bond acceptors (Lipinski definition) is 3. The molecule has 0 N–H and O–H groups in total. The summed E-state index contributed by atoms with van der Waals surface area (Å²) in [7, 11) is 0. The fraction of sp³-hybridized carbons (Fsp3) is 0.778. The van der Waals surface area contributed by atoms with Gasteiger partial charge in [0.1, 0.15) is 12.7 Å². The highest BCUT2D eigenvalue weighted by Crippen LogP contribution is 2.21. The van der Waals surface area contributed by atoms with Crippen LogP contribution in [0.5, 0.6) is 0 Å². The molecule has 13 heavy (non-hydrogen) atoms. The van der Waals surface area contributed by atoms with Crippen LogP contribution in [-0.4, -0.2) is 38.8 Å². The lowest BCUT2D eigenvalue weighted by atomic mass is 10.3. The van der Waals surface area contributed by atoms with Crippen molar-refractivity contribution in [2.75, 3.05) is 13.1 Å². The highest BCUT2D eigenvalue weighted by molar-refractivity contribution is 4.81. The molecule has 1 aromatic rings. The molecule has 2 rings (SSSR count). The van der Waals surface area contributed by atoms with Crippen LogP contribution in [0, 0.1) is 0 Å². The molecule has 0 radical (unpaired) electrons. The first-order valence-electron chi connectivity index (χ1n) is 4.85. The molecule has 0 bridgehead atoms. The molecule has 4 heteroatoms. The van der Waals surface area contributed by atoms with Crippen LogP contribution in [-0.2, 0) is 0 Å². The number of nitrogens with zero attached hydrogens (tertiary/aromatic N) is 4. The summed E-state index contributed by atoms with van der Waals surface area (Å²) in [6.07, 6.45) is 4.62. The Kier molecular flexibility index (Phi) is 2.31. The molecule has 4 nitrogen and oxygen atoms in total. The molecule has 0 aromatic carbocycles. The number of likely N-dealkylation sites (tertiary alicyclic amines) is 1. The van der Waals surface area contributed by atoms with Gasteiger partial charge in [-0.3, -0.25) is 4.90 Å². The topological polar surface area (TPSA) is 34.0 Å². The van der Waals surface area contributed by atoms with Crippen LogP contribution in [0.2, 0.25) is 0 Å². The van der Waals surface area contributed by atoms with Crippen molar-refractivity contribution in [2.45, 2.75) is 32.4 Å². The molecular formula is C9H16N4. The van der Waals surface area contributed by atoms with E-state index in [0.29, 0.717) is 12.1 Å². The Morgan fingerprint density at radius 3 is 2.85 bits per heavy atom. The van der Waals surface area contributed by atoms with E-state index in [1.807, 2.05) is 11.0 Å². The van der Waals surface area contributed by atoms with Gasteiger partial charge in [-0.2, -0.15) is 5.10 Å². The minimum atomic E-state index is 0.532. The Labute approximate surface area is 78.6 Å². The van der Waals surface area contributed by atoms with Gasteiger partial charge in [-0.05, 0) is 20.3 Å². The van der Waals surface area contributed by atoms with Crippen molar-refractivity contribution in [2.24, 2.45) is 0 Å². The number of hydrogen-bond donors (Lipinski definition) is 0. The quantitative estimate of drug-likeness (QED) is 0.679. The van der Waals surface area contributed by atoms with Crippen LogP contribution in [0.15, 0.2) is 12.7 Å². The second kappa shape index (κ2) is 3.46. The van der Waals surface area contributed by atoms with Crippen LogP contribution < -0.4 is 0 Å². The molecule has 1 atom stereocenters. The standard InChI is InChI=1S/C9H16N4/c1-8(2)12-4-3-9(5-12)13-7-10-6-11-13/h6-9H,3-5H2,1-2H3. The lowest BCUT2D eigenvalue weighted by molar-refractivity contribution is 0.262. The van der Waals surface area contributed by atoms with Crippen molar-refractivity contribution >= 4 is 0 Å². The Bertz CT molecular complexity index is 255. The van der Waals surface area contributed by atoms with E-state index in [-0.39, 0.29) is 0 Å². The summed E-state index contributed by atoms with van der Waals surface area (Å²) in [5, 5.41) is 4.17. The van der Waals surface area contributed by atoms with Gasteiger partial charge in [0, 0.05) is 19.1 Å². The minimum Gasteiger partial charge on any atom is -0.299 e. The zero-order valence-electron chi connectivity index (χ0n) is 8.22. The summed E-state index contributed by atoms with van der Waals surface area (Å²) < 4.78 is 1.97. The molecule has 1 fully saturated rings. The predicted octanol–water partition coefficient (Wildman–Crippen LogP) is 0.933. The van der Waals surface area contributed by atoms with Gasteiger partial charge in [-0.1, -0.05) is 0 Å². The SMILES string of the molecule is CC(C)N1CCC(n2cncn2)C1. The maximum absolute atomic E-state index is 4.17. The summed E-state index contributed by atoms with van der Waals surface area (Å²) in [4.78, 5) is 6.45. The molecule has 72 valence electrons. The molecule has 0 aliphatic carbocycles. The maximum Gasteiger partial charge on any atom is 0.137 e. The fourth-order valence-electron chi connectivity index (χ4n) is 1.86. The van der Waals surface area contributed by atoms with Crippen molar-refractivity contribution in [3.05, 3.63) is 12.7 Å². The third-order valence-corrected chi connectivity index (χ3v) is 2.74. The fourth-order valence-corrected chi connectivity index (χ4v) is 1.86. The Hall–Kier alpha value is -0.900. The third kappa shape index (κ3) is 1.72. The van der Waals surface area contributed by atoms with Gasteiger partial charge in [0.05, 0.1) is 6.04 Å². The van der Waals surface area contributed by atoms with Crippen molar-refractivity contribution in [3.63, 3.8) is 0 Å². The lowest BCUT2D eigenvalue weighted by Gasteiger charge is -2.19. The average Bonchev–Trinajstić information content (AvgIpc) is 2.75. The van der Waals surface area contributed by atoms with Crippen LogP contribution in [0.1, 0.15) is 26.3 Å². The van der Waals surface area contributed by atoms with Crippen LogP contribution in [0.25, 0.3) is 0 Å². The van der Waals surface area contributed by atoms with E-state index in [4.69, 9.17) is 0 Å². The molecule has 1 aliphatic rings. The average molecular weight is 180 g/mol. The molecule has 1 aliphatic heterocycles. The molecular weight excluding hydrogens is 164 g/mol. The lowest BCUT2D eigenvalue weighted by Crippen LogP contribution is -2.28. The normalized spacial score (nSPS) is 24.4. The van der Waals surface area contributed by atoms with E-state index >= 15 is 0 Å². The number of rotatable bonds is 2. The van der Waals surface area contributed by atoms with Crippen molar-refractivity contribution < 1.29 is 0 Å². The Balaban J connectivity index is 1.99. The zero-order chi connectivity index (χ0) is 9.26. The summed E-state index contributed by atoms with van der Waals surface area (Å²) in [5.41, 5.74) is 0. The minimum absolute atomic E-state index is 0.532. The second-order valence-corrected chi connectivity index (χ2v) is 3.91. The van der Waals surface area contributed by atoms with E-state index in [2.05, 4.69) is 28.8 Å². The third-order valence-electron chi connectivity index (χ3n) is 2.74. The highest BCUT2D eigenvalue weighted by Gasteiger charge is 2.25. The highest BCUT2D eigenvalue weighted by atomic mass is 15.4. The van der Waals surface area contributed by atoms with E-state index < -0.39 is 0 Å². The number of aromatic nitrogens is 3. The van der Waals surface area contributed by atoms with E-state index in [0.717, 1.165) is 6.54 Å². The van der Waals surface area contributed by atoms with E-state index in [1.165, 1.54) is 13.0 Å². The van der Waals surface area contributed by atoms with Gasteiger partial charge in [-0.25, -0.2) is 9.67 Å². The molecule has 2 heterocycles. The first kappa shape index (κ1) is 8.69. The maximum atomic E-state index is 4.17. The monoisotopic (exact) mass is 180 g/mol. The Morgan fingerprint density at radius 1 is 1.46 bits per heavy atom. The van der Waals surface area contributed by atoms with E-state index in [1.54, 1.807) is 6.33 Å². The van der Waals surface area contributed by atoms with Gasteiger partial charge in [0.25, 0.3) is 0 Å². The largest absolute Gasteiger partial charge is 0.299 e. The van der Waals surface area contributed by atoms with Crippen LogP contribution in [0.3, 0.4) is 0 Å².